The van der Waals surface area contributed by atoms with Gasteiger partial charge in [-0.1, -0.05) is 42.5 Å². The van der Waals surface area contributed by atoms with Crippen molar-refractivity contribution in [2.75, 3.05) is 19.6 Å². The number of hydrogen-bond donors (Lipinski definition) is 2. The number of benzene rings is 2. The van der Waals surface area contributed by atoms with Crippen LogP contribution in [0.5, 0.6) is 0 Å². The molecule has 2 aromatic rings. The Labute approximate surface area is 157 Å². The third-order valence-electron chi connectivity index (χ3n) is 4.41. The highest BCUT2D eigenvalue weighted by Crippen LogP contribution is 2.22. The molecule has 1 aliphatic rings. The van der Waals surface area contributed by atoms with Gasteiger partial charge in [0.15, 0.2) is 9.84 Å². The Morgan fingerprint density at radius 3 is 2.44 bits per heavy atom. The number of carboxylic acids is 1. The zero-order valence-electron chi connectivity index (χ0n) is 14.5. The fourth-order valence-corrected chi connectivity index (χ4v) is 4.62. The van der Waals surface area contributed by atoms with Gasteiger partial charge in [0.05, 0.1) is 16.2 Å². The van der Waals surface area contributed by atoms with Crippen molar-refractivity contribution in [3.05, 3.63) is 65.7 Å². The van der Waals surface area contributed by atoms with Crippen LogP contribution in [0.4, 0.5) is 0 Å². The van der Waals surface area contributed by atoms with Gasteiger partial charge in [-0.3, -0.25) is 9.59 Å². The Morgan fingerprint density at radius 1 is 1.07 bits per heavy atom. The van der Waals surface area contributed by atoms with Crippen LogP contribution < -0.4 is 5.32 Å². The van der Waals surface area contributed by atoms with E-state index in [4.69, 9.17) is 5.11 Å². The molecule has 0 spiro atoms. The topological polar surface area (TPSA) is 104 Å². The molecule has 1 amide bonds. The molecule has 0 aromatic heterocycles. The van der Waals surface area contributed by atoms with E-state index < -0.39 is 27.8 Å². The number of amides is 1. The van der Waals surface area contributed by atoms with E-state index in [0.717, 1.165) is 0 Å². The van der Waals surface area contributed by atoms with E-state index in [0.29, 0.717) is 18.7 Å². The van der Waals surface area contributed by atoms with Crippen LogP contribution in [0.25, 0.3) is 0 Å². The molecule has 27 heavy (non-hydrogen) atoms. The highest BCUT2D eigenvalue weighted by Gasteiger charge is 2.31. The Hall–Kier alpha value is -2.71. The predicted molar refractivity (Wildman–Crippen MR) is 99.1 cm³/mol. The van der Waals surface area contributed by atoms with Crippen molar-refractivity contribution in [1.82, 2.24) is 10.2 Å². The van der Waals surface area contributed by atoms with E-state index in [2.05, 4.69) is 5.32 Å². The number of carboxylic acid groups (broad SMARTS) is 1. The predicted octanol–water partition coefficient (Wildman–Crippen LogP) is 1.16. The van der Waals surface area contributed by atoms with Crippen LogP contribution >= 0.6 is 0 Å². The van der Waals surface area contributed by atoms with Crippen LogP contribution in [-0.2, 0) is 20.4 Å². The van der Waals surface area contributed by atoms with E-state index in [1.807, 2.05) is 0 Å². The Balaban J connectivity index is 1.89. The number of hydrogen-bond acceptors (Lipinski definition) is 5. The molecule has 0 unspecified atom stereocenters. The summed E-state index contributed by atoms with van der Waals surface area (Å²) in [5.74, 6) is -1.73. The first-order valence-electron chi connectivity index (χ1n) is 8.49. The first kappa shape index (κ1) is 19.1. The Kier molecular flexibility index (Phi) is 5.57. The molecule has 8 heteroatoms. The highest BCUT2D eigenvalue weighted by atomic mass is 32.2. The normalized spacial score (nSPS) is 17.5. The molecule has 1 saturated heterocycles. The summed E-state index contributed by atoms with van der Waals surface area (Å²) < 4.78 is 25.8. The second-order valence-electron chi connectivity index (χ2n) is 6.34. The maximum atomic E-state index is 12.9. The second-order valence-corrected chi connectivity index (χ2v) is 8.29. The summed E-state index contributed by atoms with van der Waals surface area (Å²) in [5, 5.41) is 12.0. The molecule has 7 nitrogen and oxygen atoms in total. The molecule has 0 aliphatic carbocycles. The van der Waals surface area contributed by atoms with Gasteiger partial charge in [0.2, 0.25) is 0 Å². The zero-order chi connectivity index (χ0) is 19.4. The lowest BCUT2D eigenvalue weighted by atomic mass is 10.1. The van der Waals surface area contributed by atoms with Gasteiger partial charge in [0.25, 0.3) is 5.91 Å². The lowest BCUT2D eigenvalue weighted by molar-refractivity contribution is -0.140. The minimum absolute atomic E-state index is 0.0127. The highest BCUT2D eigenvalue weighted by molar-refractivity contribution is 7.90. The van der Waals surface area contributed by atoms with Gasteiger partial charge in [-0.2, -0.15) is 0 Å². The number of piperazine rings is 1. The molecule has 1 atom stereocenters. The summed E-state index contributed by atoms with van der Waals surface area (Å²) >= 11 is 0. The van der Waals surface area contributed by atoms with Crippen molar-refractivity contribution in [1.29, 1.82) is 0 Å². The van der Waals surface area contributed by atoms with Gasteiger partial charge >= 0.3 is 5.97 Å². The van der Waals surface area contributed by atoms with Gasteiger partial charge in [-0.05, 0) is 17.7 Å². The molecule has 0 radical (unpaired) electrons. The maximum Gasteiger partial charge on any atom is 0.322 e. The second kappa shape index (κ2) is 7.89. The molecule has 3 rings (SSSR count). The number of nitrogens with zero attached hydrogens (tertiary/aromatic N) is 1. The summed E-state index contributed by atoms with van der Waals surface area (Å²) in [6.07, 6.45) is 0. The van der Waals surface area contributed by atoms with Gasteiger partial charge in [0.1, 0.15) is 6.04 Å². The summed E-state index contributed by atoms with van der Waals surface area (Å²) in [7, 11) is -3.74. The van der Waals surface area contributed by atoms with E-state index in [9.17, 15) is 18.0 Å². The molecule has 1 heterocycles. The standard InChI is InChI=1S/C19H20N2O5S/c22-18(21-11-10-20-16(12-21)19(23)24)15-8-4-5-9-17(15)27(25,26)13-14-6-2-1-3-7-14/h1-9,16,20H,10-13H2,(H,23,24)/t16-/m1/s1. The lowest BCUT2D eigenvalue weighted by Crippen LogP contribution is -2.55. The number of nitrogens with one attached hydrogen (secondary N) is 1. The number of aliphatic carboxylic acids is 1. The summed E-state index contributed by atoms with van der Waals surface area (Å²) in [6, 6.07) is 14.0. The van der Waals surface area contributed by atoms with Gasteiger partial charge < -0.3 is 15.3 Å². The van der Waals surface area contributed by atoms with Gasteiger partial charge in [-0.25, -0.2) is 8.42 Å². The van der Waals surface area contributed by atoms with Crippen molar-refractivity contribution in [3.8, 4) is 0 Å². The third kappa shape index (κ3) is 4.35. The molecule has 2 N–H and O–H groups in total. The van der Waals surface area contributed by atoms with E-state index in [-0.39, 0.29) is 22.8 Å². The fraction of sp³-hybridized carbons (Fsp3) is 0.263. The largest absolute Gasteiger partial charge is 0.480 e. The van der Waals surface area contributed by atoms with Crippen molar-refractivity contribution >= 4 is 21.7 Å². The van der Waals surface area contributed by atoms with Crippen molar-refractivity contribution in [2.45, 2.75) is 16.7 Å². The summed E-state index contributed by atoms with van der Waals surface area (Å²) in [4.78, 5) is 25.5. The Bertz CT molecular complexity index is 944. The minimum Gasteiger partial charge on any atom is -0.480 e. The van der Waals surface area contributed by atoms with E-state index >= 15 is 0 Å². The molecule has 0 bridgehead atoms. The van der Waals surface area contributed by atoms with Crippen molar-refractivity contribution < 1.29 is 23.1 Å². The van der Waals surface area contributed by atoms with Crippen LogP contribution in [0.15, 0.2) is 59.5 Å². The van der Waals surface area contributed by atoms with Crippen LogP contribution in [0.2, 0.25) is 0 Å². The molecular weight excluding hydrogens is 368 g/mol. The smallest absolute Gasteiger partial charge is 0.322 e. The number of sulfone groups is 1. The first-order chi connectivity index (χ1) is 12.9. The fourth-order valence-electron chi connectivity index (χ4n) is 3.06. The molecular formula is C19H20N2O5S. The van der Waals surface area contributed by atoms with Gasteiger partial charge in [-0.15, -0.1) is 0 Å². The van der Waals surface area contributed by atoms with Crippen LogP contribution in [0.1, 0.15) is 15.9 Å². The summed E-state index contributed by atoms with van der Waals surface area (Å²) in [5.41, 5.74) is 0.701. The molecule has 2 aromatic carbocycles. The van der Waals surface area contributed by atoms with E-state index in [1.165, 1.54) is 17.0 Å². The van der Waals surface area contributed by atoms with Crippen LogP contribution in [0.3, 0.4) is 0 Å². The monoisotopic (exact) mass is 388 g/mol. The average Bonchev–Trinajstić information content (AvgIpc) is 2.68. The third-order valence-corrected chi connectivity index (χ3v) is 6.15. The zero-order valence-corrected chi connectivity index (χ0v) is 15.4. The maximum absolute atomic E-state index is 12.9. The number of carbonyl (C=O) groups is 2. The van der Waals surface area contributed by atoms with Crippen molar-refractivity contribution in [2.24, 2.45) is 0 Å². The number of carbonyl (C=O) groups excluding carboxylic acids is 1. The average molecular weight is 388 g/mol. The minimum atomic E-state index is -3.74. The van der Waals surface area contributed by atoms with E-state index in [1.54, 1.807) is 42.5 Å². The van der Waals surface area contributed by atoms with Gasteiger partial charge in [0, 0.05) is 19.6 Å². The summed E-state index contributed by atoms with van der Waals surface area (Å²) in [6.45, 7) is 0.637. The SMILES string of the molecule is O=C(O)[C@H]1CN(C(=O)c2ccccc2S(=O)(=O)Cc2ccccc2)CCN1. The Morgan fingerprint density at radius 2 is 1.74 bits per heavy atom. The van der Waals surface area contributed by atoms with Crippen molar-refractivity contribution in [3.63, 3.8) is 0 Å². The quantitative estimate of drug-likeness (QED) is 0.797. The molecule has 1 aliphatic heterocycles. The molecule has 0 saturated carbocycles. The first-order valence-corrected chi connectivity index (χ1v) is 10.1. The van der Waals surface area contributed by atoms with Crippen LogP contribution in [-0.4, -0.2) is 56.0 Å². The molecule has 142 valence electrons. The molecule has 1 fully saturated rings. The van der Waals surface area contributed by atoms with Crippen LogP contribution in [0, 0.1) is 0 Å². The number of rotatable bonds is 5. The lowest BCUT2D eigenvalue weighted by Gasteiger charge is -2.32.